The molecular formula is C12H6Br2ClNO2S. The molecule has 2 aromatic heterocycles. The summed E-state index contributed by atoms with van der Waals surface area (Å²) < 4.78 is 7.03. The van der Waals surface area contributed by atoms with Crippen LogP contribution >= 0.6 is 54.8 Å². The first-order valence-corrected chi connectivity index (χ1v) is 8.10. The topological polar surface area (TPSA) is 46.0 Å². The molecule has 0 saturated carbocycles. The summed E-state index contributed by atoms with van der Waals surface area (Å²) in [6.45, 7) is 0. The van der Waals surface area contributed by atoms with Crippen molar-refractivity contribution < 1.29 is 4.42 Å². The highest BCUT2D eigenvalue weighted by atomic mass is 79.9. The number of H-pyrrole nitrogens is 1. The fourth-order valence-corrected chi connectivity index (χ4v) is 5.23. The van der Waals surface area contributed by atoms with Crippen LogP contribution in [0.15, 0.2) is 41.0 Å². The smallest absolute Gasteiger partial charge is 0.408 e. The molecule has 0 radical (unpaired) electrons. The molecule has 0 amide bonds. The highest BCUT2D eigenvalue weighted by molar-refractivity contribution is 9.12. The fourth-order valence-electron chi connectivity index (χ4n) is 1.82. The van der Waals surface area contributed by atoms with Crippen molar-refractivity contribution in [2.75, 3.05) is 0 Å². The number of aromatic nitrogens is 1. The average Bonchev–Trinajstić information content (AvgIpc) is 2.88. The summed E-state index contributed by atoms with van der Waals surface area (Å²) in [6, 6.07) is 7.43. The maximum absolute atomic E-state index is 11.1. The molecule has 0 saturated heterocycles. The number of halogens is 3. The summed E-state index contributed by atoms with van der Waals surface area (Å²) in [6.07, 6.45) is 0. The number of hydrogen-bond acceptors (Lipinski definition) is 3. The van der Waals surface area contributed by atoms with E-state index in [0.717, 1.165) is 18.7 Å². The number of rotatable bonds is 2. The van der Waals surface area contributed by atoms with Crippen LogP contribution in [0.5, 0.6) is 0 Å². The molecule has 7 heteroatoms. The van der Waals surface area contributed by atoms with Gasteiger partial charge in [0, 0.05) is 5.56 Å². The maximum Gasteiger partial charge on any atom is 0.417 e. The minimum Gasteiger partial charge on any atom is -0.408 e. The number of nitrogens with one attached hydrogen (secondary N) is 1. The molecule has 3 aromatic rings. The van der Waals surface area contributed by atoms with Gasteiger partial charge in [0.2, 0.25) is 0 Å². The molecule has 0 spiro atoms. The Kier molecular flexibility index (Phi) is 3.59. The lowest BCUT2D eigenvalue weighted by molar-refractivity contribution is 0.555. The van der Waals surface area contributed by atoms with E-state index < -0.39 is 5.76 Å². The second-order valence-electron chi connectivity index (χ2n) is 3.91. The molecule has 2 heterocycles. The van der Waals surface area contributed by atoms with Crippen LogP contribution in [0.1, 0.15) is 16.5 Å². The van der Waals surface area contributed by atoms with E-state index in [1.807, 2.05) is 12.1 Å². The number of alkyl halides is 1. The zero-order valence-electron chi connectivity index (χ0n) is 9.25. The van der Waals surface area contributed by atoms with Crippen molar-refractivity contribution in [3.8, 4) is 0 Å². The normalized spacial score (nSPS) is 13.0. The van der Waals surface area contributed by atoms with Gasteiger partial charge in [0.05, 0.1) is 18.5 Å². The summed E-state index contributed by atoms with van der Waals surface area (Å²) in [5, 5.41) is -0.304. The quantitative estimate of drug-likeness (QED) is 0.587. The fraction of sp³-hybridized carbons (Fsp3) is 0.0833. The highest BCUT2D eigenvalue weighted by Crippen LogP contribution is 2.41. The molecule has 0 aliphatic rings. The molecule has 1 unspecified atom stereocenters. The lowest BCUT2D eigenvalue weighted by atomic mass is 10.1. The van der Waals surface area contributed by atoms with Crippen LogP contribution in [0.3, 0.4) is 0 Å². The third-order valence-corrected chi connectivity index (χ3v) is 5.57. The molecule has 3 rings (SSSR count). The minimum atomic E-state index is -0.460. The Balaban J connectivity index is 2.08. The van der Waals surface area contributed by atoms with Crippen molar-refractivity contribution in [1.29, 1.82) is 0 Å². The standard InChI is InChI=1S/C12H6Br2ClNO2S/c13-9-4-6(11(14)19-9)10(15)5-1-2-7-8(3-5)18-12(17)16-7/h1-4,10H,(H,16,17). The third kappa shape index (κ3) is 2.54. The number of aromatic amines is 1. The third-order valence-electron chi connectivity index (χ3n) is 2.69. The van der Waals surface area contributed by atoms with E-state index in [9.17, 15) is 4.79 Å². The van der Waals surface area contributed by atoms with Gasteiger partial charge in [0.1, 0.15) is 0 Å². The predicted molar refractivity (Wildman–Crippen MR) is 84.2 cm³/mol. The molecule has 0 aliphatic carbocycles. The van der Waals surface area contributed by atoms with Crippen LogP contribution in [0.2, 0.25) is 0 Å². The van der Waals surface area contributed by atoms with Crippen molar-refractivity contribution in [2.24, 2.45) is 0 Å². The molecule has 3 nitrogen and oxygen atoms in total. The maximum atomic E-state index is 11.1. The van der Waals surface area contributed by atoms with Crippen molar-refractivity contribution in [2.45, 2.75) is 5.38 Å². The first kappa shape index (κ1) is 13.4. The van der Waals surface area contributed by atoms with Gasteiger partial charge in [-0.05, 0) is 55.6 Å². The van der Waals surface area contributed by atoms with Crippen LogP contribution in [-0.4, -0.2) is 4.98 Å². The number of thiophene rings is 1. The molecular weight excluding hydrogens is 417 g/mol. The monoisotopic (exact) mass is 421 g/mol. The summed E-state index contributed by atoms with van der Waals surface area (Å²) >= 11 is 15.0. The molecule has 1 atom stereocenters. The van der Waals surface area contributed by atoms with Gasteiger partial charge in [0.15, 0.2) is 5.58 Å². The number of benzene rings is 1. The van der Waals surface area contributed by atoms with Crippen molar-refractivity contribution in [1.82, 2.24) is 4.98 Å². The highest BCUT2D eigenvalue weighted by Gasteiger charge is 2.17. The van der Waals surface area contributed by atoms with Crippen LogP contribution in [0.4, 0.5) is 0 Å². The van der Waals surface area contributed by atoms with Crippen LogP contribution in [-0.2, 0) is 0 Å². The summed E-state index contributed by atoms with van der Waals surface area (Å²) in [5.74, 6) is -0.460. The van der Waals surface area contributed by atoms with Gasteiger partial charge >= 0.3 is 5.76 Å². The van der Waals surface area contributed by atoms with Crippen molar-refractivity contribution in [3.05, 3.63) is 53.5 Å². The number of hydrogen-bond donors (Lipinski definition) is 1. The van der Waals surface area contributed by atoms with Gasteiger partial charge in [0.25, 0.3) is 0 Å². The van der Waals surface area contributed by atoms with Gasteiger partial charge in [-0.2, -0.15) is 0 Å². The molecule has 0 fully saturated rings. The van der Waals surface area contributed by atoms with Gasteiger partial charge in [-0.15, -0.1) is 22.9 Å². The lowest BCUT2D eigenvalue weighted by Gasteiger charge is -2.08. The zero-order chi connectivity index (χ0) is 13.6. The summed E-state index contributed by atoms with van der Waals surface area (Å²) in [5.41, 5.74) is 3.04. The van der Waals surface area contributed by atoms with E-state index in [-0.39, 0.29) is 5.38 Å². The van der Waals surface area contributed by atoms with Gasteiger partial charge < -0.3 is 4.42 Å². The molecule has 0 bridgehead atoms. The van der Waals surface area contributed by atoms with Crippen LogP contribution in [0, 0.1) is 0 Å². The van der Waals surface area contributed by atoms with Gasteiger partial charge in [-0.25, -0.2) is 4.79 Å². The Morgan fingerprint density at radius 3 is 2.79 bits per heavy atom. The number of fused-ring (bicyclic) bond motifs is 1. The van der Waals surface area contributed by atoms with Gasteiger partial charge in [-0.1, -0.05) is 6.07 Å². The van der Waals surface area contributed by atoms with Gasteiger partial charge in [-0.3, -0.25) is 4.98 Å². The predicted octanol–water partition coefficient (Wildman–Crippen LogP) is 5.04. The first-order valence-electron chi connectivity index (χ1n) is 5.26. The second kappa shape index (κ2) is 5.09. The Labute approximate surface area is 133 Å². The average molecular weight is 424 g/mol. The van der Waals surface area contributed by atoms with E-state index in [1.54, 1.807) is 23.5 Å². The summed E-state index contributed by atoms with van der Waals surface area (Å²) in [4.78, 5) is 13.7. The summed E-state index contributed by atoms with van der Waals surface area (Å²) in [7, 11) is 0. The first-order chi connectivity index (χ1) is 9.04. The number of oxazole rings is 1. The van der Waals surface area contributed by atoms with E-state index in [2.05, 4.69) is 36.8 Å². The van der Waals surface area contributed by atoms with Crippen molar-refractivity contribution >= 4 is 65.9 Å². The Hall–Kier alpha value is -0.560. The second-order valence-corrected chi connectivity index (χ2v) is 8.10. The SMILES string of the molecule is O=c1[nH]c2ccc(C(Cl)c3cc(Br)sc3Br)cc2o1. The lowest BCUT2D eigenvalue weighted by Crippen LogP contribution is -1.92. The molecule has 0 aliphatic heterocycles. The van der Waals surface area contributed by atoms with Crippen molar-refractivity contribution in [3.63, 3.8) is 0 Å². The van der Waals surface area contributed by atoms with E-state index >= 15 is 0 Å². The molecule has 19 heavy (non-hydrogen) atoms. The Morgan fingerprint density at radius 2 is 2.11 bits per heavy atom. The Morgan fingerprint density at radius 1 is 1.32 bits per heavy atom. The largest absolute Gasteiger partial charge is 0.417 e. The molecule has 1 aromatic carbocycles. The van der Waals surface area contributed by atoms with E-state index in [1.165, 1.54) is 0 Å². The van der Waals surface area contributed by atoms with Crippen LogP contribution in [0.25, 0.3) is 11.1 Å². The van der Waals surface area contributed by atoms with E-state index in [0.29, 0.717) is 11.1 Å². The minimum absolute atomic E-state index is 0.304. The molecule has 1 N–H and O–H groups in total. The molecule has 98 valence electrons. The van der Waals surface area contributed by atoms with Crippen LogP contribution < -0.4 is 5.76 Å². The Bertz CT molecular complexity index is 808. The van der Waals surface area contributed by atoms with E-state index in [4.69, 9.17) is 16.0 Å². The zero-order valence-corrected chi connectivity index (χ0v) is 14.0.